The largest absolute Gasteiger partial charge is 0.387 e. The molecule has 11 heavy (non-hydrogen) atoms. The fourth-order valence-electron chi connectivity index (χ4n) is 1.66. The van der Waals surface area contributed by atoms with Crippen molar-refractivity contribution in [2.75, 3.05) is 0 Å². The number of halogens is 1. The molecule has 1 aliphatic carbocycles. The Balaban J connectivity index is 2.48. The fraction of sp³-hybridized carbons (Fsp3) is 1.00. The lowest BCUT2D eigenvalue weighted by molar-refractivity contribution is -0.0634. The SMILES string of the molecule is CC1CCC(O)(C(C)F)CC1. The predicted octanol–water partition coefficient (Wildman–Crippen LogP) is 2.29. The maximum atomic E-state index is 12.8. The van der Waals surface area contributed by atoms with E-state index in [9.17, 15) is 9.50 Å². The van der Waals surface area contributed by atoms with Crippen LogP contribution in [-0.4, -0.2) is 16.9 Å². The molecule has 66 valence electrons. The van der Waals surface area contributed by atoms with Gasteiger partial charge in [0.2, 0.25) is 0 Å². The van der Waals surface area contributed by atoms with Crippen molar-refractivity contribution in [3.63, 3.8) is 0 Å². The third-order valence-electron chi connectivity index (χ3n) is 2.88. The molecule has 1 rings (SSSR count). The molecule has 1 unspecified atom stereocenters. The highest BCUT2D eigenvalue weighted by Gasteiger charge is 2.36. The fourth-order valence-corrected chi connectivity index (χ4v) is 1.66. The van der Waals surface area contributed by atoms with Gasteiger partial charge in [-0.15, -0.1) is 0 Å². The van der Waals surface area contributed by atoms with Gasteiger partial charge in [0.1, 0.15) is 6.17 Å². The van der Waals surface area contributed by atoms with Gasteiger partial charge in [-0.2, -0.15) is 0 Å². The number of hydrogen-bond donors (Lipinski definition) is 1. The van der Waals surface area contributed by atoms with Gasteiger partial charge >= 0.3 is 0 Å². The van der Waals surface area contributed by atoms with Crippen LogP contribution in [0.3, 0.4) is 0 Å². The van der Waals surface area contributed by atoms with E-state index in [4.69, 9.17) is 0 Å². The molecule has 0 aromatic heterocycles. The maximum absolute atomic E-state index is 12.8. The Kier molecular flexibility index (Phi) is 2.53. The van der Waals surface area contributed by atoms with Crippen LogP contribution < -0.4 is 0 Å². The van der Waals surface area contributed by atoms with E-state index in [1.807, 2.05) is 0 Å². The first kappa shape index (κ1) is 8.98. The minimum absolute atomic E-state index is 0.631. The number of rotatable bonds is 1. The summed E-state index contributed by atoms with van der Waals surface area (Å²) in [5.41, 5.74) is -1.01. The second-order valence-corrected chi connectivity index (χ2v) is 3.90. The molecule has 0 aromatic carbocycles. The van der Waals surface area contributed by atoms with E-state index in [1.54, 1.807) is 0 Å². The van der Waals surface area contributed by atoms with Crippen LogP contribution in [0.15, 0.2) is 0 Å². The van der Waals surface area contributed by atoms with Crippen LogP contribution in [0.1, 0.15) is 39.5 Å². The second kappa shape index (κ2) is 3.10. The average Bonchev–Trinajstić information content (AvgIpc) is 1.95. The third-order valence-corrected chi connectivity index (χ3v) is 2.88. The average molecular weight is 160 g/mol. The van der Waals surface area contributed by atoms with E-state index in [2.05, 4.69) is 6.92 Å². The lowest BCUT2D eigenvalue weighted by Gasteiger charge is -2.35. The van der Waals surface area contributed by atoms with Gasteiger partial charge in [0.05, 0.1) is 5.60 Å². The quantitative estimate of drug-likeness (QED) is 0.624. The smallest absolute Gasteiger partial charge is 0.126 e. The molecule has 0 radical (unpaired) electrons. The van der Waals surface area contributed by atoms with Gasteiger partial charge in [-0.05, 0) is 38.5 Å². The molecule has 0 saturated heterocycles. The van der Waals surface area contributed by atoms with Crippen molar-refractivity contribution in [1.82, 2.24) is 0 Å². The van der Waals surface area contributed by atoms with Crippen LogP contribution >= 0.6 is 0 Å². The first-order chi connectivity index (χ1) is 5.04. The van der Waals surface area contributed by atoms with Crippen LogP contribution in [0.25, 0.3) is 0 Å². The summed E-state index contributed by atoms with van der Waals surface area (Å²) >= 11 is 0. The molecule has 0 bridgehead atoms. The molecular formula is C9H17FO. The second-order valence-electron chi connectivity index (χ2n) is 3.90. The molecule has 0 heterocycles. The zero-order chi connectivity index (χ0) is 8.48. The zero-order valence-corrected chi connectivity index (χ0v) is 7.31. The summed E-state index contributed by atoms with van der Waals surface area (Å²) < 4.78 is 12.8. The van der Waals surface area contributed by atoms with Gasteiger partial charge in [-0.3, -0.25) is 0 Å². The highest BCUT2D eigenvalue weighted by atomic mass is 19.1. The highest BCUT2D eigenvalue weighted by Crippen LogP contribution is 2.35. The Hall–Kier alpha value is -0.110. The molecule has 0 aliphatic heterocycles. The number of alkyl halides is 1. The first-order valence-electron chi connectivity index (χ1n) is 4.41. The molecule has 1 N–H and O–H groups in total. The van der Waals surface area contributed by atoms with Crippen LogP contribution in [0.2, 0.25) is 0 Å². The molecular weight excluding hydrogens is 143 g/mol. The van der Waals surface area contributed by atoms with Crippen molar-refractivity contribution in [2.45, 2.75) is 51.3 Å². The summed E-state index contributed by atoms with van der Waals surface area (Å²) in [6, 6.07) is 0. The molecule has 2 heteroatoms. The van der Waals surface area contributed by atoms with Crippen LogP contribution in [-0.2, 0) is 0 Å². The molecule has 1 nitrogen and oxygen atoms in total. The highest BCUT2D eigenvalue weighted by molar-refractivity contribution is 4.88. The van der Waals surface area contributed by atoms with E-state index in [-0.39, 0.29) is 0 Å². The van der Waals surface area contributed by atoms with Gasteiger partial charge in [0.25, 0.3) is 0 Å². The Labute approximate surface area is 67.6 Å². The van der Waals surface area contributed by atoms with Gasteiger partial charge < -0.3 is 5.11 Å². The van der Waals surface area contributed by atoms with E-state index < -0.39 is 11.8 Å². The van der Waals surface area contributed by atoms with Gasteiger partial charge in [-0.25, -0.2) is 4.39 Å². The van der Waals surface area contributed by atoms with Crippen molar-refractivity contribution in [3.05, 3.63) is 0 Å². The van der Waals surface area contributed by atoms with Crippen molar-refractivity contribution in [1.29, 1.82) is 0 Å². The third kappa shape index (κ3) is 1.92. The van der Waals surface area contributed by atoms with Gasteiger partial charge in [0, 0.05) is 0 Å². The zero-order valence-electron chi connectivity index (χ0n) is 7.31. The van der Waals surface area contributed by atoms with Crippen molar-refractivity contribution in [3.8, 4) is 0 Å². The minimum Gasteiger partial charge on any atom is -0.387 e. The van der Waals surface area contributed by atoms with E-state index >= 15 is 0 Å². The Morgan fingerprint density at radius 2 is 1.91 bits per heavy atom. The van der Waals surface area contributed by atoms with Crippen molar-refractivity contribution in [2.24, 2.45) is 5.92 Å². The lowest BCUT2D eigenvalue weighted by atomic mass is 9.77. The summed E-state index contributed by atoms with van der Waals surface area (Å²) in [4.78, 5) is 0. The topological polar surface area (TPSA) is 20.2 Å². The standard InChI is InChI=1S/C9H17FO/c1-7-3-5-9(11,6-4-7)8(2)10/h7-8,11H,3-6H2,1-2H3. The van der Waals surface area contributed by atoms with Crippen LogP contribution in [0, 0.1) is 5.92 Å². The minimum atomic E-state index is -1.07. The Morgan fingerprint density at radius 3 is 2.27 bits per heavy atom. The summed E-state index contributed by atoms with van der Waals surface area (Å²) in [5.74, 6) is 0.661. The molecule has 0 spiro atoms. The first-order valence-corrected chi connectivity index (χ1v) is 4.41. The monoisotopic (exact) mass is 160 g/mol. The molecule has 0 aromatic rings. The summed E-state index contributed by atoms with van der Waals surface area (Å²) in [5, 5.41) is 9.69. The molecule has 1 saturated carbocycles. The molecule has 1 aliphatic rings. The normalized spacial score (nSPS) is 42.0. The number of hydrogen-bond acceptors (Lipinski definition) is 1. The van der Waals surface area contributed by atoms with E-state index in [1.165, 1.54) is 6.92 Å². The maximum Gasteiger partial charge on any atom is 0.126 e. The van der Waals surface area contributed by atoms with Crippen molar-refractivity contribution >= 4 is 0 Å². The lowest BCUT2D eigenvalue weighted by Crippen LogP contribution is -2.41. The molecule has 0 amide bonds. The Morgan fingerprint density at radius 1 is 1.45 bits per heavy atom. The van der Waals surface area contributed by atoms with Crippen LogP contribution in [0.5, 0.6) is 0 Å². The van der Waals surface area contributed by atoms with E-state index in [0.717, 1.165) is 12.8 Å². The number of aliphatic hydroxyl groups is 1. The summed E-state index contributed by atoms with van der Waals surface area (Å²) in [7, 11) is 0. The molecule has 1 fully saturated rings. The van der Waals surface area contributed by atoms with Gasteiger partial charge in [-0.1, -0.05) is 6.92 Å². The van der Waals surface area contributed by atoms with Gasteiger partial charge in [0.15, 0.2) is 0 Å². The Bertz CT molecular complexity index is 126. The predicted molar refractivity (Wildman–Crippen MR) is 43.2 cm³/mol. The van der Waals surface area contributed by atoms with Crippen molar-refractivity contribution < 1.29 is 9.50 Å². The van der Waals surface area contributed by atoms with E-state index in [0.29, 0.717) is 18.8 Å². The van der Waals surface area contributed by atoms with Crippen LogP contribution in [0.4, 0.5) is 4.39 Å². The summed E-state index contributed by atoms with van der Waals surface area (Å²) in [6.45, 7) is 3.61. The molecule has 1 atom stereocenters. The summed E-state index contributed by atoms with van der Waals surface area (Å²) in [6.07, 6.45) is 2.11.